The van der Waals surface area contributed by atoms with Gasteiger partial charge in [0.1, 0.15) is 0 Å². The molecule has 1 aliphatic rings. The van der Waals surface area contributed by atoms with Gasteiger partial charge in [-0.2, -0.15) is 0 Å². The molecule has 17 heavy (non-hydrogen) atoms. The fraction of sp³-hybridized carbons (Fsp3) is 1.00. The van der Waals surface area contributed by atoms with E-state index in [0.717, 1.165) is 12.8 Å². The lowest BCUT2D eigenvalue weighted by Crippen LogP contribution is -2.46. The van der Waals surface area contributed by atoms with E-state index < -0.39 is 0 Å². The monoisotopic (exact) mass is 235 g/mol. The van der Waals surface area contributed by atoms with Crippen molar-refractivity contribution in [1.29, 1.82) is 0 Å². The summed E-state index contributed by atoms with van der Waals surface area (Å²) in [6, 6.07) is 0. The van der Waals surface area contributed by atoms with Gasteiger partial charge in [-0.3, -0.25) is 0 Å². The van der Waals surface area contributed by atoms with Crippen molar-refractivity contribution in [3.8, 4) is 0 Å². The first kappa shape index (κ1) is 15.1. The second-order valence-corrected chi connectivity index (χ2v) is 7.15. The van der Waals surface area contributed by atoms with Gasteiger partial charge in [-0.05, 0) is 28.6 Å². The molecule has 0 bridgehead atoms. The highest BCUT2D eigenvalue weighted by Gasteiger charge is 2.76. The summed E-state index contributed by atoms with van der Waals surface area (Å²) < 4.78 is 0. The average molecular weight is 235 g/mol. The topological polar surface area (TPSA) is 26.0 Å². The Morgan fingerprint density at radius 3 is 1.88 bits per heavy atom. The molecule has 2 radical (unpaired) electrons. The zero-order valence-electron chi connectivity index (χ0n) is 12.9. The van der Waals surface area contributed by atoms with Crippen LogP contribution < -0.4 is 5.73 Å². The molecule has 1 nitrogen and oxygen atoms in total. The molecule has 0 heterocycles. The quantitative estimate of drug-likeness (QED) is 0.721. The van der Waals surface area contributed by atoms with Crippen molar-refractivity contribution in [3.05, 3.63) is 0 Å². The minimum absolute atomic E-state index is 0.0717. The Labute approximate surface area is 109 Å². The fourth-order valence-electron chi connectivity index (χ4n) is 4.26. The predicted molar refractivity (Wildman–Crippen MR) is 77.2 cm³/mol. The molecule has 0 saturated heterocycles. The van der Waals surface area contributed by atoms with Crippen molar-refractivity contribution >= 4 is 7.85 Å². The molecule has 1 rings (SSSR count). The van der Waals surface area contributed by atoms with E-state index in [1.54, 1.807) is 0 Å². The second kappa shape index (κ2) is 4.01. The largest absolute Gasteiger partial charge is 0.324 e. The summed E-state index contributed by atoms with van der Waals surface area (Å²) in [7, 11) is 6.17. The molecule has 2 heteroatoms. The summed E-state index contributed by atoms with van der Waals surface area (Å²) >= 11 is 0. The van der Waals surface area contributed by atoms with Gasteiger partial charge in [0, 0.05) is 5.54 Å². The van der Waals surface area contributed by atoms with Crippen LogP contribution in [-0.4, -0.2) is 13.4 Å². The van der Waals surface area contributed by atoms with Gasteiger partial charge < -0.3 is 5.73 Å². The predicted octanol–water partition coefficient (Wildman–Crippen LogP) is 3.78. The van der Waals surface area contributed by atoms with E-state index in [2.05, 4.69) is 48.5 Å². The summed E-state index contributed by atoms with van der Waals surface area (Å²) in [5.74, 6) is 0.519. The van der Waals surface area contributed by atoms with E-state index in [-0.39, 0.29) is 21.8 Å². The third-order valence-corrected chi connectivity index (χ3v) is 6.86. The number of hydrogen-bond acceptors (Lipinski definition) is 1. The van der Waals surface area contributed by atoms with Gasteiger partial charge in [-0.25, -0.2) is 0 Å². The van der Waals surface area contributed by atoms with Crippen LogP contribution in [0.1, 0.15) is 61.3 Å². The van der Waals surface area contributed by atoms with Crippen LogP contribution in [-0.2, 0) is 0 Å². The molecule has 98 valence electrons. The molecule has 0 aromatic rings. The Balaban J connectivity index is 3.23. The maximum absolute atomic E-state index is 6.64. The lowest BCUT2D eigenvalue weighted by Gasteiger charge is -2.50. The average Bonchev–Trinajstić information content (AvgIpc) is 2.77. The van der Waals surface area contributed by atoms with Crippen LogP contribution in [0.25, 0.3) is 0 Å². The summed E-state index contributed by atoms with van der Waals surface area (Å²) in [6.07, 6.45) is 2.89. The van der Waals surface area contributed by atoms with Gasteiger partial charge in [0.2, 0.25) is 0 Å². The second-order valence-electron chi connectivity index (χ2n) is 7.15. The smallest absolute Gasteiger partial charge is 0.0661 e. The van der Waals surface area contributed by atoms with E-state index in [1.165, 1.54) is 0 Å². The van der Waals surface area contributed by atoms with Crippen LogP contribution in [0.15, 0.2) is 0 Å². The molecular weight excluding hydrogens is 205 g/mol. The minimum Gasteiger partial charge on any atom is -0.324 e. The van der Waals surface area contributed by atoms with Crippen LogP contribution in [0.2, 0.25) is 6.32 Å². The Morgan fingerprint density at radius 1 is 1.18 bits per heavy atom. The summed E-state index contributed by atoms with van der Waals surface area (Å²) in [4.78, 5) is 0. The highest BCUT2D eigenvalue weighted by Crippen LogP contribution is 2.76. The molecule has 3 atom stereocenters. The van der Waals surface area contributed by atoms with Crippen molar-refractivity contribution in [1.82, 2.24) is 0 Å². The van der Waals surface area contributed by atoms with Crippen molar-refractivity contribution in [2.45, 2.75) is 73.2 Å². The van der Waals surface area contributed by atoms with Crippen molar-refractivity contribution in [2.24, 2.45) is 27.9 Å². The molecule has 1 aliphatic carbocycles. The summed E-state index contributed by atoms with van der Waals surface area (Å²) in [6.45, 7) is 16.2. The van der Waals surface area contributed by atoms with Crippen LogP contribution in [0, 0.1) is 22.2 Å². The van der Waals surface area contributed by atoms with Gasteiger partial charge in [0.05, 0.1) is 7.85 Å². The Bertz CT molecular complexity index is 297. The van der Waals surface area contributed by atoms with Gasteiger partial charge >= 0.3 is 0 Å². The van der Waals surface area contributed by atoms with Crippen molar-refractivity contribution in [3.63, 3.8) is 0 Å². The normalized spacial score (nSPS) is 38.2. The minimum atomic E-state index is -0.0717. The molecular formula is C15H30BN. The molecule has 0 aromatic carbocycles. The number of rotatable bonds is 5. The van der Waals surface area contributed by atoms with Gasteiger partial charge in [0.15, 0.2) is 0 Å². The molecule has 0 aliphatic heterocycles. The highest BCUT2D eigenvalue weighted by molar-refractivity contribution is 6.09. The molecule has 2 N–H and O–H groups in total. The lowest BCUT2D eigenvalue weighted by molar-refractivity contribution is 0.0103. The van der Waals surface area contributed by atoms with E-state index in [0.29, 0.717) is 12.2 Å². The van der Waals surface area contributed by atoms with E-state index >= 15 is 0 Å². The molecule has 0 spiro atoms. The number of nitrogens with two attached hydrogens (primary N) is 1. The van der Waals surface area contributed by atoms with Crippen LogP contribution in [0.4, 0.5) is 0 Å². The SMILES string of the molecule is [B]CC1(C(C)(C)C(C)(C)CC)C(C)C1(N)CC. The van der Waals surface area contributed by atoms with Crippen molar-refractivity contribution < 1.29 is 0 Å². The molecule has 1 saturated carbocycles. The third-order valence-electron chi connectivity index (χ3n) is 6.86. The van der Waals surface area contributed by atoms with Crippen molar-refractivity contribution in [2.75, 3.05) is 0 Å². The van der Waals surface area contributed by atoms with E-state index in [9.17, 15) is 0 Å². The van der Waals surface area contributed by atoms with Crippen LogP contribution >= 0.6 is 0 Å². The molecule has 1 fully saturated rings. The fourth-order valence-corrected chi connectivity index (χ4v) is 4.26. The zero-order chi connectivity index (χ0) is 13.7. The standard InChI is InChI=1S/C15H30BN/c1-8-12(4,5)13(6,7)14(10-16)11(3)15(14,17)9-2/h11H,8-10,17H2,1-7H3. The van der Waals surface area contributed by atoms with E-state index in [4.69, 9.17) is 13.6 Å². The highest BCUT2D eigenvalue weighted by atomic mass is 15.0. The van der Waals surface area contributed by atoms with E-state index in [1.807, 2.05) is 0 Å². The van der Waals surface area contributed by atoms with Crippen LogP contribution in [0.5, 0.6) is 0 Å². The Hall–Kier alpha value is 0.0249. The van der Waals surface area contributed by atoms with Gasteiger partial charge in [-0.1, -0.05) is 61.2 Å². The maximum Gasteiger partial charge on any atom is 0.0661 e. The Morgan fingerprint density at radius 2 is 1.65 bits per heavy atom. The molecule has 0 aromatic heterocycles. The Kier molecular flexibility index (Phi) is 3.56. The zero-order valence-corrected chi connectivity index (χ0v) is 12.9. The first-order chi connectivity index (χ1) is 7.59. The lowest BCUT2D eigenvalue weighted by atomic mass is 9.53. The number of hydrogen-bond donors (Lipinski definition) is 1. The van der Waals surface area contributed by atoms with Gasteiger partial charge in [0.25, 0.3) is 0 Å². The third kappa shape index (κ3) is 1.49. The first-order valence-corrected chi connectivity index (χ1v) is 7.08. The summed E-state index contributed by atoms with van der Waals surface area (Å²) in [5.41, 5.74) is 7.08. The maximum atomic E-state index is 6.64. The summed E-state index contributed by atoms with van der Waals surface area (Å²) in [5, 5.41) is 0. The molecule has 0 amide bonds. The van der Waals surface area contributed by atoms with Gasteiger partial charge in [-0.15, -0.1) is 0 Å². The molecule has 3 unspecified atom stereocenters. The van der Waals surface area contributed by atoms with Crippen LogP contribution in [0.3, 0.4) is 0 Å². The first-order valence-electron chi connectivity index (χ1n) is 7.08.